The summed E-state index contributed by atoms with van der Waals surface area (Å²) < 4.78 is 0. The van der Waals surface area contributed by atoms with E-state index in [1.54, 1.807) is 0 Å². The van der Waals surface area contributed by atoms with E-state index in [1.807, 2.05) is 0 Å². The number of hydrogen-bond acceptors (Lipinski definition) is 2. The van der Waals surface area contributed by atoms with Gasteiger partial charge in [-0.2, -0.15) is 0 Å². The molecular formula is C11H23ClO3. The van der Waals surface area contributed by atoms with Crippen LogP contribution in [0.1, 0.15) is 52.4 Å². The Kier molecular flexibility index (Phi) is 15.7. The van der Waals surface area contributed by atoms with Gasteiger partial charge in [0.1, 0.15) is 0 Å². The van der Waals surface area contributed by atoms with Crippen LogP contribution in [0, 0.1) is 0 Å². The molecule has 0 rings (SSSR count). The second-order valence-electron chi connectivity index (χ2n) is 3.50. The van der Waals surface area contributed by atoms with Crippen molar-refractivity contribution in [3.8, 4) is 0 Å². The normalized spacial score (nSPS) is 11.5. The van der Waals surface area contributed by atoms with Crippen molar-refractivity contribution >= 4 is 17.6 Å². The molecule has 0 aliphatic carbocycles. The summed E-state index contributed by atoms with van der Waals surface area (Å²) >= 11 is 5.48. The molecule has 0 saturated carbocycles. The van der Waals surface area contributed by atoms with Gasteiger partial charge in [0.15, 0.2) is 0 Å². The second kappa shape index (κ2) is 13.7. The van der Waals surface area contributed by atoms with Crippen LogP contribution in [-0.4, -0.2) is 28.2 Å². The molecule has 0 heterocycles. The quantitative estimate of drug-likeness (QED) is 0.530. The molecule has 0 saturated heterocycles. The first kappa shape index (κ1) is 17.1. The smallest absolute Gasteiger partial charge is 0.300 e. The maximum Gasteiger partial charge on any atom is 0.300 e. The number of unbranched alkanes of at least 4 members (excludes halogenated alkanes) is 3. The van der Waals surface area contributed by atoms with Crippen molar-refractivity contribution in [2.45, 2.75) is 58.5 Å². The van der Waals surface area contributed by atoms with Crippen molar-refractivity contribution in [1.29, 1.82) is 0 Å². The van der Waals surface area contributed by atoms with E-state index < -0.39 is 5.97 Å². The van der Waals surface area contributed by atoms with Gasteiger partial charge >= 0.3 is 0 Å². The average molecular weight is 239 g/mol. The molecule has 15 heavy (non-hydrogen) atoms. The maximum atomic E-state index is 9.26. The zero-order valence-electron chi connectivity index (χ0n) is 9.71. The third-order valence-electron chi connectivity index (χ3n) is 1.83. The first-order chi connectivity index (χ1) is 7.04. The lowest BCUT2D eigenvalue weighted by Crippen LogP contribution is -2.06. The van der Waals surface area contributed by atoms with Gasteiger partial charge in [-0.25, -0.2) is 0 Å². The second-order valence-corrected chi connectivity index (χ2v) is 3.88. The van der Waals surface area contributed by atoms with Gasteiger partial charge in [0.05, 0.1) is 6.10 Å². The molecule has 0 fully saturated rings. The summed E-state index contributed by atoms with van der Waals surface area (Å²) in [4.78, 5) is 9.00. The lowest BCUT2D eigenvalue weighted by molar-refractivity contribution is -0.134. The summed E-state index contributed by atoms with van der Waals surface area (Å²) in [5.41, 5.74) is 0. The molecule has 92 valence electrons. The highest BCUT2D eigenvalue weighted by Gasteiger charge is 2.01. The van der Waals surface area contributed by atoms with Crippen LogP contribution in [0.25, 0.3) is 0 Å². The molecule has 1 unspecified atom stereocenters. The van der Waals surface area contributed by atoms with Crippen LogP contribution in [0.2, 0.25) is 0 Å². The lowest BCUT2D eigenvalue weighted by atomic mass is 10.1. The molecular weight excluding hydrogens is 216 g/mol. The molecule has 0 aliphatic heterocycles. The molecule has 2 N–H and O–H groups in total. The minimum atomic E-state index is -0.833. The fraction of sp³-hybridized carbons (Fsp3) is 0.909. The molecule has 1 atom stereocenters. The van der Waals surface area contributed by atoms with Gasteiger partial charge in [0, 0.05) is 12.8 Å². The SMILES string of the molecule is CC(=O)O.CCCCCCC(O)CCCl. The Morgan fingerprint density at radius 1 is 1.27 bits per heavy atom. The predicted octanol–water partition coefficient (Wildman–Crippen LogP) is 3.04. The van der Waals surface area contributed by atoms with Gasteiger partial charge in [-0.15, -0.1) is 11.6 Å². The summed E-state index contributed by atoms with van der Waals surface area (Å²) in [6.07, 6.45) is 6.44. The number of halogens is 1. The van der Waals surface area contributed by atoms with Crippen LogP contribution in [0.5, 0.6) is 0 Å². The third kappa shape index (κ3) is 24.8. The van der Waals surface area contributed by atoms with Gasteiger partial charge in [0.2, 0.25) is 0 Å². The molecule has 0 aromatic heterocycles. The van der Waals surface area contributed by atoms with Crippen molar-refractivity contribution in [2.24, 2.45) is 0 Å². The van der Waals surface area contributed by atoms with E-state index >= 15 is 0 Å². The van der Waals surface area contributed by atoms with Crippen LogP contribution >= 0.6 is 11.6 Å². The van der Waals surface area contributed by atoms with E-state index in [0.717, 1.165) is 26.2 Å². The molecule has 3 nitrogen and oxygen atoms in total. The Balaban J connectivity index is 0. The van der Waals surface area contributed by atoms with Crippen molar-refractivity contribution in [1.82, 2.24) is 0 Å². The Bertz CT molecular complexity index is 136. The van der Waals surface area contributed by atoms with E-state index in [9.17, 15) is 5.11 Å². The summed E-state index contributed by atoms with van der Waals surface area (Å²) in [6, 6.07) is 0. The zero-order valence-corrected chi connectivity index (χ0v) is 10.5. The summed E-state index contributed by atoms with van der Waals surface area (Å²) in [6.45, 7) is 3.27. The molecule has 0 amide bonds. The number of hydrogen-bond donors (Lipinski definition) is 2. The number of alkyl halides is 1. The Morgan fingerprint density at radius 2 is 1.80 bits per heavy atom. The number of aliphatic carboxylic acids is 1. The van der Waals surface area contributed by atoms with E-state index in [4.69, 9.17) is 21.5 Å². The fourth-order valence-corrected chi connectivity index (χ4v) is 1.33. The van der Waals surface area contributed by atoms with Crippen molar-refractivity contribution in [2.75, 3.05) is 5.88 Å². The Hall–Kier alpha value is -0.280. The molecule has 0 spiro atoms. The molecule has 0 aliphatic rings. The molecule has 0 aromatic carbocycles. The predicted molar refractivity (Wildman–Crippen MR) is 63.4 cm³/mol. The number of aliphatic hydroxyl groups excluding tert-OH is 1. The standard InChI is InChI=1S/C9H19ClO.C2H4O2/c1-2-3-4-5-6-9(11)7-8-10;1-2(3)4/h9,11H,2-8H2,1H3;1H3,(H,3,4). The Morgan fingerprint density at radius 3 is 2.20 bits per heavy atom. The number of rotatable bonds is 7. The largest absolute Gasteiger partial charge is 0.481 e. The highest BCUT2D eigenvalue weighted by molar-refractivity contribution is 6.17. The van der Waals surface area contributed by atoms with E-state index in [1.165, 1.54) is 19.3 Å². The van der Waals surface area contributed by atoms with E-state index in [0.29, 0.717) is 5.88 Å². The van der Waals surface area contributed by atoms with Crippen molar-refractivity contribution in [3.05, 3.63) is 0 Å². The van der Waals surface area contributed by atoms with Gasteiger partial charge in [-0.3, -0.25) is 4.79 Å². The van der Waals surface area contributed by atoms with Gasteiger partial charge in [-0.05, 0) is 12.8 Å². The first-order valence-electron chi connectivity index (χ1n) is 5.48. The molecule has 0 bridgehead atoms. The topological polar surface area (TPSA) is 57.5 Å². The van der Waals surface area contributed by atoms with Crippen LogP contribution in [0.4, 0.5) is 0 Å². The fourth-order valence-electron chi connectivity index (χ4n) is 1.08. The van der Waals surface area contributed by atoms with Crippen LogP contribution in [0.15, 0.2) is 0 Å². The van der Waals surface area contributed by atoms with Gasteiger partial charge in [-0.1, -0.05) is 32.6 Å². The third-order valence-corrected chi connectivity index (χ3v) is 2.05. The number of carboxylic acids is 1. The lowest BCUT2D eigenvalue weighted by Gasteiger charge is -2.06. The van der Waals surface area contributed by atoms with Crippen LogP contribution in [-0.2, 0) is 4.79 Å². The summed E-state index contributed by atoms with van der Waals surface area (Å²) in [7, 11) is 0. The van der Waals surface area contributed by atoms with Crippen LogP contribution in [0.3, 0.4) is 0 Å². The van der Waals surface area contributed by atoms with Crippen molar-refractivity contribution in [3.63, 3.8) is 0 Å². The molecule has 0 aromatic rings. The number of carboxylic acid groups (broad SMARTS) is 1. The van der Waals surface area contributed by atoms with E-state index in [2.05, 4.69) is 6.92 Å². The highest BCUT2D eigenvalue weighted by Crippen LogP contribution is 2.07. The average Bonchev–Trinajstić information content (AvgIpc) is 2.12. The van der Waals surface area contributed by atoms with Gasteiger partial charge < -0.3 is 10.2 Å². The zero-order chi connectivity index (χ0) is 12.1. The summed E-state index contributed by atoms with van der Waals surface area (Å²) in [5.74, 6) is -0.255. The van der Waals surface area contributed by atoms with E-state index in [-0.39, 0.29) is 6.10 Å². The number of carbonyl (C=O) groups is 1. The minimum Gasteiger partial charge on any atom is -0.481 e. The highest BCUT2D eigenvalue weighted by atomic mass is 35.5. The monoisotopic (exact) mass is 238 g/mol. The summed E-state index contributed by atoms with van der Waals surface area (Å²) in [5, 5.41) is 16.7. The maximum absolute atomic E-state index is 9.26. The van der Waals surface area contributed by atoms with Gasteiger partial charge in [0.25, 0.3) is 5.97 Å². The first-order valence-corrected chi connectivity index (χ1v) is 6.01. The Labute approximate surface area is 97.4 Å². The molecule has 0 radical (unpaired) electrons. The van der Waals surface area contributed by atoms with Crippen LogP contribution < -0.4 is 0 Å². The minimum absolute atomic E-state index is 0.163. The van der Waals surface area contributed by atoms with Crippen molar-refractivity contribution < 1.29 is 15.0 Å². The number of aliphatic hydroxyl groups is 1. The molecule has 4 heteroatoms.